The van der Waals surface area contributed by atoms with Gasteiger partial charge in [-0.1, -0.05) is 19.0 Å². The fourth-order valence-corrected chi connectivity index (χ4v) is 2.15. The van der Waals surface area contributed by atoms with Gasteiger partial charge in [-0.25, -0.2) is 9.97 Å². The molecule has 8 heteroatoms. The summed E-state index contributed by atoms with van der Waals surface area (Å²) in [5, 5.41) is 12.4. The molecule has 0 saturated carbocycles. The van der Waals surface area contributed by atoms with Crippen molar-refractivity contribution >= 4 is 16.9 Å². The average molecular weight is 301 g/mol. The van der Waals surface area contributed by atoms with Gasteiger partial charge in [-0.05, 0) is 6.42 Å². The number of hydrogen-bond acceptors (Lipinski definition) is 7. The second-order valence-electron chi connectivity index (χ2n) is 5.46. The molecule has 8 nitrogen and oxygen atoms in total. The van der Waals surface area contributed by atoms with Crippen LogP contribution >= 0.6 is 0 Å². The number of aryl methyl sites for hydroxylation is 2. The molecule has 0 spiro atoms. The predicted octanol–water partition coefficient (Wildman–Crippen LogP) is 1.91. The summed E-state index contributed by atoms with van der Waals surface area (Å²) in [6.45, 7) is 4.86. The minimum atomic E-state index is 0.288. The Balaban J connectivity index is 1.56. The molecule has 0 amide bonds. The van der Waals surface area contributed by atoms with E-state index in [1.54, 1.807) is 17.2 Å². The van der Waals surface area contributed by atoms with E-state index >= 15 is 0 Å². The first-order valence-corrected chi connectivity index (χ1v) is 7.34. The smallest absolute Gasteiger partial charge is 0.226 e. The highest BCUT2D eigenvalue weighted by molar-refractivity contribution is 5.85. The Kier molecular flexibility index (Phi) is 3.99. The molecule has 3 aromatic heterocycles. The van der Waals surface area contributed by atoms with E-state index in [4.69, 9.17) is 4.52 Å². The van der Waals surface area contributed by atoms with Crippen LogP contribution in [0.15, 0.2) is 17.0 Å². The molecule has 3 heterocycles. The summed E-state index contributed by atoms with van der Waals surface area (Å²) in [4.78, 5) is 12.8. The lowest BCUT2D eigenvalue weighted by atomic mass is 10.2. The van der Waals surface area contributed by atoms with Crippen molar-refractivity contribution in [3.05, 3.63) is 24.2 Å². The van der Waals surface area contributed by atoms with Crippen molar-refractivity contribution in [2.24, 2.45) is 7.05 Å². The van der Waals surface area contributed by atoms with E-state index in [-0.39, 0.29) is 5.92 Å². The molecule has 0 saturated heterocycles. The van der Waals surface area contributed by atoms with Gasteiger partial charge in [0, 0.05) is 25.9 Å². The predicted molar refractivity (Wildman–Crippen MR) is 81.5 cm³/mol. The summed E-state index contributed by atoms with van der Waals surface area (Å²) in [6.07, 6.45) is 4.93. The first-order chi connectivity index (χ1) is 10.6. The lowest BCUT2D eigenvalue weighted by molar-refractivity contribution is 0.369. The lowest BCUT2D eigenvalue weighted by Crippen LogP contribution is -2.05. The number of rotatable bonds is 6. The van der Waals surface area contributed by atoms with Gasteiger partial charge < -0.3 is 9.84 Å². The van der Waals surface area contributed by atoms with Crippen molar-refractivity contribution in [3.63, 3.8) is 0 Å². The topological polar surface area (TPSA) is 94.5 Å². The number of fused-ring (bicyclic) bond motifs is 1. The Labute approximate surface area is 128 Å². The van der Waals surface area contributed by atoms with Crippen molar-refractivity contribution in [1.82, 2.24) is 29.9 Å². The van der Waals surface area contributed by atoms with Crippen molar-refractivity contribution < 1.29 is 4.52 Å². The highest BCUT2D eigenvalue weighted by Gasteiger charge is 2.10. The van der Waals surface area contributed by atoms with Crippen LogP contribution in [-0.4, -0.2) is 36.4 Å². The first-order valence-electron chi connectivity index (χ1n) is 7.34. The van der Waals surface area contributed by atoms with Crippen LogP contribution in [0.4, 0.5) is 5.82 Å². The van der Waals surface area contributed by atoms with Gasteiger partial charge >= 0.3 is 0 Å². The monoisotopic (exact) mass is 301 g/mol. The van der Waals surface area contributed by atoms with Gasteiger partial charge in [0.25, 0.3) is 0 Å². The van der Waals surface area contributed by atoms with Crippen molar-refractivity contribution in [2.75, 3.05) is 11.9 Å². The van der Waals surface area contributed by atoms with Crippen LogP contribution in [0.2, 0.25) is 0 Å². The third-order valence-electron chi connectivity index (χ3n) is 3.39. The van der Waals surface area contributed by atoms with Gasteiger partial charge in [-0.3, -0.25) is 4.68 Å². The van der Waals surface area contributed by atoms with E-state index in [1.807, 2.05) is 20.9 Å². The van der Waals surface area contributed by atoms with Crippen molar-refractivity contribution in [1.29, 1.82) is 0 Å². The van der Waals surface area contributed by atoms with Crippen LogP contribution in [0.3, 0.4) is 0 Å². The van der Waals surface area contributed by atoms with Crippen molar-refractivity contribution in [2.45, 2.75) is 32.6 Å². The summed E-state index contributed by atoms with van der Waals surface area (Å²) in [5.41, 5.74) is 0.816. The Morgan fingerprint density at radius 1 is 1.32 bits per heavy atom. The van der Waals surface area contributed by atoms with Crippen LogP contribution in [0.25, 0.3) is 11.0 Å². The third kappa shape index (κ3) is 2.90. The number of nitrogens with zero attached hydrogens (tertiary/aromatic N) is 6. The second kappa shape index (κ2) is 6.08. The fraction of sp³-hybridized carbons (Fsp3) is 0.500. The van der Waals surface area contributed by atoms with Gasteiger partial charge in [0.05, 0.1) is 11.6 Å². The number of anilines is 1. The van der Waals surface area contributed by atoms with E-state index in [2.05, 4.69) is 30.5 Å². The fourth-order valence-electron chi connectivity index (χ4n) is 2.15. The zero-order chi connectivity index (χ0) is 15.5. The van der Waals surface area contributed by atoms with E-state index in [9.17, 15) is 0 Å². The number of aromatic nitrogens is 6. The largest absolute Gasteiger partial charge is 0.369 e. The molecule has 3 rings (SSSR count). The van der Waals surface area contributed by atoms with Gasteiger partial charge in [-0.2, -0.15) is 10.1 Å². The molecule has 0 aliphatic rings. The van der Waals surface area contributed by atoms with E-state index in [0.717, 1.165) is 42.1 Å². The van der Waals surface area contributed by atoms with Crippen LogP contribution < -0.4 is 5.32 Å². The van der Waals surface area contributed by atoms with Gasteiger partial charge in [-0.15, -0.1) is 0 Å². The maximum absolute atomic E-state index is 5.22. The summed E-state index contributed by atoms with van der Waals surface area (Å²) in [6, 6.07) is 0. The quantitative estimate of drug-likeness (QED) is 0.695. The van der Waals surface area contributed by atoms with E-state index < -0.39 is 0 Å². The van der Waals surface area contributed by atoms with E-state index in [1.165, 1.54) is 0 Å². The van der Waals surface area contributed by atoms with Crippen LogP contribution in [0.5, 0.6) is 0 Å². The minimum Gasteiger partial charge on any atom is -0.369 e. The molecule has 0 bridgehead atoms. The molecule has 3 aromatic rings. The zero-order valence-corrected chi connectivity index (χ0v) is 12.9. The minimum absolute atomic E-state index is 0.288. The SMILES string of the molecule is CC(C)c1noc(CCCNc2ncnc3c2cnn3C)n1. The van der Waals surface area contributed by atoms with E-state index in [0.29, 0.717) is 5.89 Å². The average Bonchev–Trinajstić information content (AvgIpc) is 3.12. The summed E-state index contributed by atoms with van der Waals surface area (Å²) in [7, 11) is 1.86. The first kappa shape index (κ1) is 14.4. The van der Waals surface area contributed by atoms with Crippen LogP contribution in [-0.2, 0) is 13.5 Å². The molecule has 0 unspecified atom stereocenters. The van der Waals surface area contributed by atoms with Gasteiger partial charge in [0.1, 0.15) is 12.1 Å². The van der Waals surface area contributed by atoms with Crippen LogP contribution in [0, 0.1) is 0 Å². The highest BCUT2D eigenvalue weighted by Crippen LogP contribution is 2.17. The van der Waals surface area contributed by atoms with Crippen molar-refractivity contribution in [3.8, 4) is 0 Å². The number of nitrogens with one attached hydrogen (secondary N) is 1. The number of hydrogen-bond donors (Lipinski definition) is 1. The second-order valence-corrected chi connectivity index (χ2v) is 5.46. The molecule has 0 radical (unpaired) electrons. The lowest BCUT2D eigenvalue weighted by Gasteiger charge is -2.05. The molecule has 0 atom stereocenters. The summed E-state index contributed by atoms with van der Waals surface area (Å²) < 4.78 is 6.95. The standard InChI is InChI=1S/C14H19N7O/c1-9(2)12-19-11(22-20-12)5-4-6-15-13-10-7-18-21(3)14(10)17-8-16-13/h7-9H,4-6H2,1-3H3,(H,15,16,17). The molecule has 0 aliphatic carbocycles. The van der Waals surface area contributed by atoms with Gasteiger partial charge in [0.15, 0.2) is 11.5 Å². The highest BCUT2D eigenvalue weighted by atomic mass is 16.5. The van der Waals surface area contributed by atoms with Crippen LogP contribution in [0.1, 0.15) is 37.9 Å². The zero-order valence-electron chi connectivity index (χ0n) is 12.9. The Bertz CT molecular complexity index is 761. The molecule has 1 N–H and O–H groups in total. The van der Waals surface area contributed by atoms with Gasteiger partial charge in [0.2, 0.25) is 5.89 Å². The summed E-state index contributed by atoms with van der Waals surface area (Å²) >= 11 is 0. The molecule has 22 heavy (non-hydrogen) atoms. The molecule has 116 valence electrons. The molecular formula is C14H19N7O. The third-order valence-corrected chi connectivity index (χ3v) is 3.39. The molecule has 0 fully saturated rings. The Morgan fingerprint density at radius 3 is 2.95 bits per heavy atom. The Morgan fingerprint density at radius 2 is 2.18 bits per heavy atom. The maximum atomic E-state index is 5.22. The molecule has 0 aliphatic heterocycles. The molecular weight excluding hydrogens is 282 g/mol. The normalized spacial score (nSPS) is 11.5. The molecule has 0 aromatic carbocycles. The summed E-state index contributed by atoms with van der Waals surface area (Å²) in [5.74, 6) is 2.53. The Hall–Kier alpha value is -2.51. The maximum Gasteiger partial charge on any atom is 0.226 e.